The van der Waals surface area contributed by atoms with E-state index in [1.165, 1.54) is 17.8 Å². The third-order valence-electron chi connectivity index (χ3n) is 7.26. The molecule has 3 atom stereocenters. The Labute approximate surface area is 175 Å². The topological polar surface area (TPSA) is 39.1 Å². The molecule has 4 nitrogen and oxygen atoms in total. The number of nitrogens with one attached hydrogen (secondary N) is 1. The largest absolute Gasteiger partial charge is 0.381 e. The summed E-state index contributed by atoms with van der Waals surface area (Å²) < 4.78 is 7.79. The summed E-state index contributed by atoms with van der Waals surface area (Å²) in [6.45, 7) is 10.0. The zero-order valence-corrected chi connectivity index (χ0v) is 18.5. The van der Waals surface area contributed by atoms with E-state index in [0.717, 1.165) is 50.5 Å². The summed E-state index contributed by atoms with van der Waals surface area (Å²) in [5.74, 6) is 3.87. The van der Waals surface area contributed by atoms with E-state index >= 15 is 0 Å². The molecular formula is C25H37N3O. The molecule has 4 rings (SSSR count). The van der Waals surface area contributed by atoms with Crippen molar-refractivity contribution in [3.63, 3.8) is 0 Å². The van der Waals surface area contributed by atoms with Crippen molar-refractivity contribution in [3.05, 3.63) is 41.7 Å². The number of fused-ring (bicyclic) bond motifs is 1. The van der Waals surface area contributed by atoms with Crippen LogP contribution in [-0.2, 0) is 18.2 Å². The molecule has 0 radical (unpaired) electrons. The van der Waals surface area contributed by atoms with Crippen LogP contribution in [0.4, 0.5) is 0 Å². The number of hydrogen-bond donors (Lipinski definition) is 1. The second-order valence-electron chi connectivity index (χ2n) is 9.49. The average molecular weight is 396 g/mol. The molecule has 29 heavy (non-hydrogen) atoms. The van der Waals surface area contributed by atoms with Gasteiger partial charge in [-0.05, 0) is 62.0 Å². The highest BCUT2D eigenvalue weighted by Crippen LogP contribution is 2.39. The summed E-state index contributed by atoms with van der Waals surface area (Å²) in [7, 11) is 2.16. The van der Waals surface area contributed by atoms with Crippen LogP contribution >= 0.6 is 0 Å². The molecule has 1 aliphatic carbocycles. The Kier molecular flexibility index (Phi) is 6.41. The van der Waals surface area contributed by atoms with Crippen LogP contribution in [0.1, 0.15) is 45.9 Å². The van der Waals surface area contributed by atoms with Gasteiger partial charge in [-0.25, -0.2) is 4.98 Å². The van der Waals surface area contributed by atoms with Crippen molar-refractivity contribution in [2.45, 2.75) is 52.5 Å². The predicted octanol–water partition coefficient (Wildman–Crippen LogP) is 4.74. The molecule has 2 aliphatic rings. The van der Waals surface area contributed by atoms with Gasteiger partial charge in [-0.3, -0.25) is 0 Å². The number of aromatic nitrogens is 2. The van der Waals surface area contributed by atoms with E-state index in [9.17, 15) is 0 Å². The van der Waals surface area contributed by atoms with E-state index in [1.54, 1.807) is 5.57 Å². The SMILES string of the molecule is CC1=C[C@@H](CNC2CCOCC2)[C@H](C(C)C)C[C@H]1Cc1nc2ccccc2n1C. The first-order chi connectivity index (χ1) is 14.0. The zero-order chi connectivity index (χ0) is 20.4. The summed E-state index contributed by atoms with van der Waals surface area (Å²) in [6.07, 6.45) is 7.18. The van der Waals surface area contributed by atoms with Crippen LogP contribution in [0.5, 0.6) is 0 Å². The Bertz CT molecular complexity index is 847. The summed E-state index contributed by atoms with van der Waals surface area (Å²) in [6, 6.07) is 9.10. The summed E-state index contributed by atoms with van der Waals surface area (Å²) in [4.78, 5) is 4.94. The van der Waals surface area contributed by atoms with Gasteiger partial charge in [0, 0.05) is 39.3 Å². The highest BCUT2D eigenvalue weighted by molar-refractivity contribution is 5.75. The van der Waals surface area contributed by atoms with Crippen molar-refractivity contribution in [1.82, 2.24) is 14.9 Å². The molecular weight excluding hydrogens is 358 g/mol. The Morgan fingerprint density at radius 2 is 1.97 bits per heavy atom. The number of imidazole rings is 1. The molecule has 1 aromatic heterocycles. The molecule has 0 saturated carbocycles. The normalized spacial score (nSPS) is 26.2. The minimum absolute atomic E-state index is 0.595. The predicted molar refractivity (Wildman–Crippen MR) is 120 cm³/mol. The lowest BCUT2D eigenvalue weighted by molar-refractivity contribution is 0.0757. The van der Waals surface area contributed by atoms with Crippen molar-refractivity contribution in [3.8, 4) is 0 Å². The van der Waals surface area contributed by atoms with Gasteiger partial charge in [-0.15, -0.1) is 0 Å². The fourth-order valence-corrected chi connectivity index (χ4v) is 5.31. The van der Waals surface area contributed by atoms with Gasteiger partial charge in [0.2, 0.25) is 0 Å². The molecule has 2 heterocycles. The van der Waals surface area contributed by atoms with E-state index in [2.05, 4.69) is 68.0 Å². The average Bonchev–Trinajstić information content (AvgIpc) is 3.04. The van der Waals surface area contributed by atoms with Crippen LogP contribution in [0.15, 0.2) is 35.9 Å². The van der Waals surface area contributed by atoms with E-state index in [-0.39, 0.29) is 0 Å². The highest BCUT2D eigenvalue weighted by atomic mass is 16.5. The molecule has 1 N–H and O–H groups in total. The number of aryl methyl sites for hydroxylation is 1. The van der Waals surface area contributed by atoms with Gasteiger partial charge >= 0.3 is 0 Å². The number of ether oxygens (including phenoxy) is 1. The highest BCUT2D eigenvalue weighted by Gasteiger charge is 2.32. The maximum Gasteiger partial charge on any atom is 0.110 e. The maximum absolute atomic E-state index is 5.51. The van der Waals surface area contributed by atoms with Gasteiger partial charge in [-0.1, -0.05) is 37.6 Å². The molecule has 0 spiro atoms. The Balaban J connectivity index is 1.47. The number of para-hydroxylation sites is 2. The van der Waals surface area contributed by atoms with Crippen molar-refractivity contribution >= 4 is 11.0 Å². The lowest BCUT2D eigenvalue weighted by Crippen LogP contribution is -2.41. The van der Waals surface area contributed by atoms with Crippen molar-refractivity contribution in [2.24, 2.45) is 30.7 Å². The number of allylic oxidation sites excluding steroid dienone is 1. The number of benzene rings is 1. The molecule has 0 bridgehead atoms. The van der Waals surface area contributed by atoms with Gasteiger partial charge in [0.25, 0.3) is 0 Å². The molecule has 0 unspecified atom stereocenters. The number of hydrogen-bond acceptors (Lipinski definition) is 3. The molecule has 2 aromatic rings. The van der Waals surface area contributed by atoms with Crippen LogP contribution in [0.25, 0.3) is 11.0 Å². The lowest BCUT2D eigenvalue weighted by Gasteiger charge is -2.38. The van der Waals surface area contributed by atoms with E-state index in [1.807, 2.05) is 0 Å². The van der Waals surface area contributed by atoms with Crippen molar-refractivity contribution in [1.29, 1.82) is 0 Å². The minimum atomic E-state index is 0.595. The van der Waals surface area contributed by atoms with Gasteiger partial charge in [0.15, 0.2) is 0 Å². The standard InChI is InChI=1S/C25H37N3O/c1-17(2)22-14-19(15-25-27-23-7-5-6-8-24(23)28(25)4)18(3)13-20(22)16-26-21-9-11-29-12-10-21/h5-8,13,17,19-22,26H,9-12,14-16H2,1-4H3/t19-,20-,22-/m0/s1. The second kappa shape index (κ2) is 9.01. The number of nitrogens with zero attached hydrogens (tertiary/aromatic N) is 2. The van der Waals surface area contributed by atoms with Crippen LogP contribution < -0.4 is 5.32 Å². The monoisotopic (exact) mass is 395 g/mol. The third-order valence-corrected chi connectivity index (χ3v) is 7.26. The van der Waals surface area contributed by atoms with Crippen molar-refractivity contribution in [2.75, 3.05) is 19.8 Å². The maximum atomic E-state index is 5.51. The fourth-order valence-electron chi connectivity index (χ4n) is 5.31. The lowest BCUT2D eigenvalue weighted by atomic mass is 9.69. The second-order valence-corrected chi connectivity index (χ2v) is 9.49. The fraction of sp³-hybridized carbons (Fsp3) is 0.640. The zero-order valence-electron chi connectivity index (χ0n) is 18.5. The van der Waals surface area contributed by atoms with Crippen LogP contribution in [-0.4, -0.2) is 35.4 Å². The summed E-state index contributed by atoms with van der Waals surface area (Å²) in [5, 5.41) is 3.85. The molecule has 1 saturated heterocycles. The van der Waals surface area contributed by atoms with Crippen LogP contribution in [0.2, 0.25) is 0 Å². The van der Waals surface area contributed by atoms with E-state index in [0.29, 0.717) is 23.8 Å². The number of rotatable bonds is 6. The van der Waals surface area contributed by atoms with Gasteiger partial charge in [0.05, 0.1) is 11.0 Å². The first kappa shape index (κ1) is 20.6. The summed E-state index contributed by atoms with van der Waals surface area (Å²) >= 11 is 0. The molecule has 1 fully saturated rings. The van der Waals surface area contributed by atoms with E-state index < -0.39 is 0 Å². The molecule has 4 heteroatoms. The summed E-state index contributed by atoms with van der Waals surface area (Å²) in [5.41, 5.74) is 3.90. The Morgan fingerprint density at radius 3 is 2.69 bits per heavy atom. The minimum Gasteiger partial charge on any atom is -0.381 e. The van der Waals surface area contributed by atoms with Gasteiger partial charge in [-0.2, -0.15) is 0 Å². The first-order valence-electron chi connectivity index (χ1n) is 11.4. The third kappa shape index (κ3) is 4.59. The van der Waals surface area contributed by atoms with Gasteiger partial charge in [0.1, 0.15) is 5.82 Å². The molecule has 0 amide bonds. The quantitative estimate of drug-likeness (QED) is 0.718. The Hall–Kier alpha value is -1.65. The molecule has 158 valence electrons. The smallest absolute Gasteiger partial charge is 0.110 e. The Morgan fingerprint density at radius 1 is 1.21 bits per heavy atom. The first-order valence-corrected chi connectivity index (χ1v) is 11.4. The molecule has 1 aliphatic heterocycles. The van der Waals surface area contributed by atoms with Gasteiger partial charge < -0.3 is 14.6 Å². The van der Waals surface area contributed by atoms with Crippen LogP contribution in [0.3, 0.4) is 0 Å². The van der Waals surface area contributed by atoms with Crippen LogP contribution in [0, 0.1) is 23.7 Å². The van der Waals surface area contributed by atoms with Crippen molar-refractivity contribution < 1.29 is 4.74 Å². The van der Waals surface area contributed by atoms with E-state index in [4.69, 9.17) is 9.72 Å². The molecule has 1 aromatic carbocycles.